The molecular weight excluding hydrogens is 570 g/mol. The van der Waals surface area contributed by atoms with Crippen LogP contribution in [0.3, 0.4) is 0 Å². The van der Waals surface area contributed by atoms with E-state index >= 15 is 0 Å². The quantitative estimate of drug-likeness (QED) is 0.333. The average molecular weight is 599 g/mol. The molecule has 0 radical (unpaired) electrons. The second kappa shape index (κ2) is 12.5. The molecule has 3 aromatic carbocycles. The number of amides is 3. The van der Waals surface area contributed by atoms with Crippen molar-refractivity contribution in [2.45, 2.75) is 33.2 Å². The lowest BCUT2D eigenvalue weighted by molar-refractivity contribution is -0.126. The van der Waals surface area contributed by atoms with Crippen molar-refractivity contribution in [1.29, 1.82) is 0 Å². The van der Waals surface area contributed by atoms with Gasteiger partial charge in [0, 0.05) is 40.4 Å². The highest BCUT2D eigenvalue weighted by atomic mass is 79.9. The topological polar surface area (TPSA) is 87.7 Å². The number of hydrogen-bond acceptors (Lipinski definition) is 4. The number of ether oxygens (including phenoxy) is 1. The molecule has 0 bridgehead atoms. The van der Waals surface area contributed by atoms with Gasteiger partial charge in [-0.15, -0.1) is 0 Å². The minimum Gasteiger partial charge on any atom is -0.484 e. The molecular formula is C29H29BrClN3O4. The summed E-state index contributed by atoms with van der Waals surface area (Å²) in [5.74, 6) is -0.438. The predicted octanol–water partition coefficient (Wildman–Crippen LogP) is 5.66. The summed E-state index contributed by atoms with van der Waals surface area (Å²) in [7, 11) is 0. The Morgan fingerprint density at radius 3 is 2.50 bits per heavy atom. The molecule has 2 N–H and O–H groups in total. The molecule has 3 amide bonds. The van der Waals surface area contributed by atoms with Gasteiger partial charge in [-0.2, -0.15) is 0 Å². The number of rotatable bonds is 9. The Morgan fingerprint density at radius 2 is 1.82 bits per heavy atom. The first kappa shape index (κ1) is 27.7. The van der Waals surface area contributed by atoms with E-state index in [1.807, 2.05) is 38.1 Å². The van der Waals surface area contributed by atoms with Crippen molar-refractivity contribution in [3.63, 3.8) is 0 Å². The van der Waals surface area contributed by atoms with Crippen LogP contribution in [0.5, 0.6) is 5.75 Å². The maximum atomic E-state index is 12.6. The Morgan fingerprint density at radius 1 is 1.11 bits per heavy atom. The van der Waals surface area contributed by atoms with Crippen LogP contribution in [-0.2, 0) is 27.3 Å². The number of carbonyl (C=O) groups is 3. The van der Waals surface area contributed by atoms with Gasteiger partial charge in [-0.1, -0.05) is 46.6 Å². The van der Waals surface area contributed by atoms with Crippen LogP contribution in [0.15, 0.2) is 65.1 Å². The third-order valence-electron chi connectivity index (χ3n) is 6.42. The summed E-state index contributed by atoms with van der Waals surface area (Å²) in [5, 5.41) is 6.48. The summed E-state index contributed by atoms with van der Waals surface area (Å²) in [6.45, 7) is 4.53. The van der Waals surface area contributed by atoms with Gasteiger partial charge >= 0.3 is 0 Å². The standard InChI is InChI=1S/C29H29BrClN3O4/c1-3-20-13-22(30)12-18(2)28(20)33-26(35)17-38-25-10-8-24(9-11-25)34-16-21(14-27(34)36)29(37)32-15-19-4-6-23(31)7-5-19/h4-13,21H,3,14-17H2,1-2H3,(H,32,37)(H,33,35)/t21-/m0/s1. The van der Waals surface area contributed by atoms with E-state index in [9.17, 15) is 14.4 Å². The van der Waals surface area contributed by atoms with E-state index in [1.165, 1.54) is 0 Å². The molecule has 1 heterocycles. The molecule has 1 saturated heterocycles. The van der Waals surface area contributed by atoms with Crippen LogP contribution in [0, 0.1) is 12.8 Å². The number of hydrogen-bond donors (Lipinski definition) is 2. The SMILES string of the molecule is CCc1cc(Br)cc(C)c1NC(=O)COc1ccc(N2C[C@@H](C(=O)NCc3ccc(Cl)cc3)CC2=O)cc1. The van der Waals surface area contributed by atoms with Crippen LogP contribution in [0.2, 0.25) is 5.02 Å². The van der Waals surface area contributed by atoms with Crippen molar-refractivity contribution in [3.8, 4) is 5.75 Å². The molecule has 1 fully saturated rings. The number of benzene rings is 3. The number of halogens is 2. The fraction of sp³-hybridized carbons (Fsp3) is 0.276. The maximum absolute atomic E-state index is 12.6. The molecule has 7 nitrogen and oxygen atoms in total. The molecule has 1 atom stereocenters. The number of anilines is 2. The first-order valence-corrected chi connectivity index (χ1v) is 13.5. The van der Waals surface area contributed by atoms with E-state index < -0.39 is 5.92 Å². The maximum Gasteiger partial charge on any atom is 0.262 e. The second-order valence-electron chi connectivity index (χ2n) is 9.19. The highest BCUT2D eigenvalue weighted by molar-refractivity contribution is 9.10. The van der Waals surface area contributed by atoms with Crippen molar-refractivity contribution < 1.29 is 19.1 Å². The molecule has 38 heavy (non-hydrogen) atoms. The lowest BCUT2D eigenvalue weighted by Gasteiger charge is -2.17. The molecule has 198 valence electrons. The van der Waals surface area contributed by atoms with Gasteiger partial charge < -0.3 is 20.3 Å². The zero-order valence-corrected chi connectivity index (χ0v) is 23.6. The number of carbonyl (C=O) groups excluding carboxylic acids is 3. The zero-order valence-electron chi connectivity index (χ0n) is 21.2. The Balaban J connectivity index is 1.29. The Bertz CT molecular complexity index is 1330. The number of nitrogens with zero attached hydrogens (tertiary/aromatic N) is 1. The lowest BCUT2D eigenvalue weighted by Crippen LogP contribution is -2.32. The highest BCUT2D eigenvalue weighted by Crippen LogP contribution is 2.28. The third kappa shape index (κ3) is 6.94. The summed E-state index contributed by atoms with van der Waals surface area (Å²) in [5.41, 5.74) is 4.44. The Labute approximate surface area is 235 Å². The summed E-state index contributed by atoms with van der Waals surface area (Å²) in [6, 6.07) is 18.2. The van der Waals surface area contributed by atoms with E-state index in [1.54, 1.807) is 41.3 Å². The van der Waals surface area contributed by atoms with Gasteiger partial charge in [0.15, 0.2) is 6.61 Å². The lowest BCUT2D eigenvalue weighted by atomic mass is 10.1. The van der Waals surface area contributed by atoms with E-state index in [-0.39, 0.29) is 30.7 Å². The predicted molar refractivity (Wildman–Crippen MR) is 153 cm³/mol. The van der Waals surface area contributed by atoms with Crippen LogP contribution in [0.4, 0.5) is 11.4 Å². The van der Waals surface area contributed by atoms with Crippen molar-refractivity contribution in [2.75, 3.05) is 23.4 Å². The molecule has 3 aromatic rings. The molecule has 1 aliphatic rings. The van der Waals surface area contributed by atoms with Gasteiger partial charge in [0.25, 0.3) is 5.91 Å². The van der Waals surface area contributed by atoms with Crippen molar-refractivity contribution in [3.05, 3.63) is 86.8 Å². The minimum atomic E-state index is -0.426. The monoisotopic (exact) mass is 597 g/mol. The Hall–Kier alpha value is -3.36. The van der Waals surface area contributed by atoms with Gasteiger partial charge in [0.2, 0.25) is 11.8 Å². The molecule has 4 rings (SSSR count). The van der Waals surface area contributed by atoms with Crippen molar-refractivity contribution in [2.24, 2.45) is 5.92 Å². The van der Waals surface area contributed by atoms with Crippen LogP contribution in [-0.4, -0.2) is 30.9 Å². The second-order valence-corrected chi connectivity index (χ2v) is 10.5. The normalized spacial score (nSPS) is 14.9. The smallest absolute Gasteiger partial charge is 0.262 e. The largest absolute Gasteiger partial charge is 0.484 e. The molecule has 0 spiro atoms. The van der Waals surface area contributed by atoms with Crippen molar-refractivity contribution in [1.82, 2.24) is 5.32 Å². The van der Waals surface area contributed by atoms with Crippen LogP contribution in [0.1, 0.15) is 30.0 Å². The molecule has 1 aliphatic heterocycles. The Kier molecular flexibility index (Phi) is 9.07. The van der Waals surface area contributed by atoms with Gasteiger partial charge in [-0.3, -0.25) is 14.4 Å². The van der Waals surface area contributed by atoms with Gasteiger partial charge in [0.1, 0.15) is 5.75 Å². The van der Waals surface area contributed by atoms with Gasteiger partial charge in [0.05, 0.1) is 5.92 Å². The van der Waals surface area contributed by atoms with E-state index in [0.29, 0.717) is 29.5 Å². The first-order valence-electron chi connectivity index (χ1n) is 12.4. The summed E-state index contributed by atoms with van der Waals surface area (Å²) >= 11 is 9.39. The van der Waals surface area contributed by atoms with E-state index in [0.717, 1.165) is 33.3 Å². The summed E-state index contributed by atoms with van der Waals surface area (Å²) < 4.78 is 6.64. The third-order valence-corrected chi connectivity index (χ3v) is 7.13. The molecule has 9 heteroatoms. The molecule has 0 unspecified atom stereocenters. The van der Waals surface area contributed by atoms with Crippen LogP contribution in [0.25, 0.3) is 0 Å². The fourth-order valence-electron chi connectivity index (χ4n) is 4.39. The zero-order chi connectivity index (χ0) is 27.2. The number of nitrogens with one attached hydrogen (secondary N) is 2. The summed E-state index contributed by atoms with van der Waals surface area (Å²) in [4.78, 5) is 39.4. The fourth-order valence-corrected chi connectivity index (χ4v) is 5.13. The average Bonchev–Trinajstić information content (AvgIpc) is 3.30. The highest BCUT2D eigenvalue weighted by Gasteiger charge is 2.35. The van der Waals surface area contributed by atoms with Crippen LogP contribution >= 0.6 is 27.5 Å². The molecule has 0 saturated carbocycles. The van der Waals surface area contributed by atoms with Crippen LogP contribution < -0.4 is 20.3 Å². The molecule has 0 aromatic heterocycles. The van der Waals surface area contributed by atoms with Gasteiger partial charge in [-0.05, 0) is 78.6 Å². The summed E-state index contributed by atoms with van der Waals surface area (Å²) in [6.07, 6.45) is 0.943. The van der Waals surface area contributed by atoms with E-state index in [4.69, 9.17) is 16.3 Å². The van der Waals surface area contributed by atoms with Gasteiger partial charge in [-0.25, -0.2) is 0 Å². The number of aryl methyl sites for hydroxylation is 2. The minimum absolute atomic E-state index is 0.110. The first-order chi connectivity index (χ1) is 18.2. The van der Waals surface area contributed by atoms with Crippen molar-refractivity contribution >= 4 is 56.6 Å². The molecule has 0 aliphatic carbocycles. The van der Waals surface area contributed by atoms with E-state index in [2.05, 4.69) is 26.6 Å².